The molecule has 2 rings (SSSR count). The van der Waals surface area contributed by atoms with Gasteiger partial charge in [-0.3, -0.25) is 0 Å². The van der Waals surface area contributed by atoms with Crippen molar-refractivity contribution >= 4 is 0 Å². The Hall–Kier alpha value is -2.35. The lowest BCUT2D eigenvalue weighted by Crippen LogP contribution is -2.05. The van der Waals surface area contributed by atoms with Gasteiger partial charge in [0, 0.05) is 6.20 Å². The number of hydrogen-bond acceptors (Lipinski definition) is 3. The van der Waals surface area contributed by atoms with Gasteiger partial charge in [-0.2, -0.15) is 10.4 Å². The summed E-state index contributed by atoms with van der Waals surface area (Å²) in [6.45, 7) is 0.188. The molecule has 0 unspecified atom stereocenters. The van der Waals surface area contributed by atoms with E-state index < -0.39 is 0 Å². The molecule has 2 aromatic rings. The van der Waals surface area contributed by atoms with Gasteiger partial charge in [0.1, 0.15) is 17.6 Å². The van der Waals surface area contributed by atoms with Crippen molar-refractivity contribution in [3.8, 4) is 11.8 Å². The van der Waals surface area contributed by atoms with E-state index in [1.54, 1.807) is 6.20 Å². The molecule has 1 heterocycles. The molecule has 0 aliphatic carbocycles. The van der Waals surface area contributed by atoms with Crippen LogP contribution in [0, 0.1) is 17.1 Å². The molecule has 0 aliphatic heterocycles. The Labute approximate surface area is 91.5 Å². The van der Waals surface area contributed by atoms with Gasteiger partial charge in [-0.25, -0.2) is 9.07 Å². The molecule has 5 heteroatoms. The first-order chi connectivity index (χ1) is 7.78. The summed E-state index contributed by atoms with van der Waals surface area (Å²) in [7, 11) is 0. The van der Waals surface area contributed by atoms with Crippen LogP contribution in [0.15, 0.2) is 36.7 Å². The summed E-state index contributed by atoms with van der Waals surface area (Å²) in [5.74, 6) is 0.244. The smallest absolute Gasteiger partial charge is 0.180 e. The molecule has 0 saturated carbocycles. The van der Waals surface area contributed by atoms with Crippen LogP contribution in [-0.4, -0.2) is 9.78 Å². The van der Waals surface area contributed by atoms with Gasteiger partial charge in [0.05, 0.1) is 11.8 Å². The maximum Gasteiger partial charge on any atom is 0.180 e. The Bertz CT molecular complexity index is 513. The van der Waals surface area contributed by atoms with Gasteiger partial charge in [-0.05, 0) is 24.3 Å². The molecule has 0 radical (unpaired) electrons. The molecular formula is C11H8FN3O. The zero-order valence-corrected chi connectivity index (χ0v) is 8.30. The number of aromatic nitrogens is 2. The fourth-order valence-electron chi connectivity index (χ4n) is 1.16. The number of rotatable bonds is 3. The van der Waals surface area contributed by atoms with Gasteiger partial charge in [0.15, 0.2) is 6.73 Å². The van der Waals surface area contributed by atoms with Crippen molar-refractivity contribution < 1.29 is 9.13 Å². The number of benzene rings is 1. The molecule has 4 nitrogen and oxygen atoms in total. The van der Waals surface area contributed by atoms with Crippen molar-refractivity contribution in [2.75, 3.05) is 0 Å². The highest BCUT2D eigenvalue weighted by Gasteiger charge is 1.98. The normalized spacial score (nSPS) is 9.75. The van der Waals surface area contributed by atoms with Crippen molar-refractivity contribution in [3.05, 3.63) is 48.0 Å². The first-order valence-corrected chi connectivity index (χ1v) is 4.59. The van der Waals surface area contributed by atoms with Gasteiger partial charge in [0.25, 0.3) is 0 Å². The second kappa shape index (κ2) is 4.45. The van der Waals surface area contributed by atoms with Crippen LogP contribution in [-0.2, 0) is 6.73 Å². The van der Waals surface area contributed by atoms with E-state index >= 15 is 0 Å². The zero-order valence-electron chi connectivity index (χ0n) is 8.30. The van der Waals surface area contributed by atoms with E-state index in [9.17, 15) is 4.39 Å². The molecule has 80 valence electrons. The van der Waals surface area contributed by atoms with Crippen molar-refractivity contribution in [1.29, 1.82) is 5.26 Å². The van der Waals surface area contributed by atoms with E-state index in [2.05, 4.69) is 5.10 Å². The SMILES string of the molecule is N#Cc1cnn(COc2ccc(F)cc2)c1. The van der Waals surface area contributed by atoms with E-state index in [-0.39, 0.29) is 12.5 Å². The molecule has 16 heavy (non-hydrogen) atoms. The first-order valence-electron chi connectivity index (χ1n) is 4.59. The monoisotopic (exact) mass is 217 g/mol. The van der Waals surface area contributed by atoms with Crippen LogP contribution in [0.5, 0.6) is 5.75 Å². The van der Waals surface area contributed by atoms with E-state index in [1.807, 2.05) is 6.07 Å². The van der Waals surface area contributed by atoms with Crippen molar-refractivity contribution in [1.82, 2.24) is 9.78 Å². The number of nitriles is 1. The lowest BCUT2D eigenvalue weighted by atomic mass is 10.3. The molecule has 0 amide bonds. The van der Waals surface area contributed by atoms with Crippen molar-refractivity contribution in [2.45, 2.75) is 6.73 Å². The maximum absolute atomic E-state index is 12.6. The van der Waals surface area contributed by atoms with Crippen LogP contribution in [0.1, 0.15) is 5.56 Å². The summed E-state index contributed by atoms with van der Waals surface area (Å²) in [5, 5.41) is 12.5. The van der Waals surface area contributed by atoms with E-state index in [0.717, 1.165) is 0 Å². The highest BCUT2D eigenvalue weighted by Crippen LogP contribution is 2.11. The summed E-state index contributed by atoms with van der Waals surface area (Å²) in [6, 6.07) is 7.67. The zero-order chi connectivity index (χ0) is 11.4. The fraction of sp³-hybridized carbons (Fsp3) is 0.0909. The van der Waals surface area contributed by atoms with Crippen LogP contribution < -0.4 is 4.74 Å². The minimum atomic E-state index is -0.307. The molecule has 0 bridgehead atoms. The molecule has 0 saturated heterocycles. The molecule has 1 aromatic carbocycles. The van der Waals surface area contributed by atoms with E-state index in [0.29, 0.717) is 11.3 Å². The fourth-order valence-corrected chi connectivity index (χ4v) is 1.16. The summed E-state index contributed by atoms with van der Waals surface area (Å²) in [6.07, 6.45) is 3.03. The Morgan fingerprint density at radius 3 is 2.75 bits per heavy atom. The average Bonchev–Trinajstić information content (AvgIpc) is 2.76. The number of halogens is 1. The molecule has 1 aromatic heterocycles. The predicted molar refractivity (Wildman–Crippen MR) is 54.0 cm³/mol. The Kier molecular flexibility index (Phi) is 2.83. The molecule has 0 atom stereocenters. The number of hydrogen-bond donors (Lipinski definition) is 0. The third-order valence-electron chi connectivity index (χ3n) is 1.94. The molecule has 0 fully saturated rings. The van der Waals surface area contributed by atoms with Crippen LogP contribution in [0.3, 0.4) is 0 Å². The third-order valence-corrected chi connectivity index (χ3v) is 1.94. The Morgan fingerprint density at radius 1 is 1.38 bits per heavy atom. The quantitative estimate of drug-likeness (QED) is 0.789. The first kappa shape index (κ1) is 10.2. The van der Waals surface area contributed by atoms with Crippen LogP contribution in [0.2, 0.25) is 0 Å². The number of nitrogens with zero attached hydrogens (tertiary/aromatic N) is 3. The number of ether oxygens (including phenoxy) is 1. The maximum atomic E-state index is 12.6. The average molecular weight is 217 g/mol. The lowest BCUT2D eigenvalue weighted by Gasteiger charge is -2.05. The van der Waals surface area contributed by atoms with Gasteiger partial charge in [-0.15, -0.1) is 0 Å². The highest BCUT2D eigenvalue weighted by molar-refractivity contribution is 5.23. The summed E-state index contributed by atoms with van der Waals surface area (Å²) in [5.41, 5.74) is 0.475. The van der Waals surface area contributed by atoms with Crippen LogP contribution >= 0.6 is 0 Å². The summed E-state index contributed by atoms with van der Waals surface area (Å²) < 4.78 is 19.4. The van der Waals surface area contributed by atoms with Gasteiger partial charge >= 0.3 is 0 Å². The second-order valence-electron chi connectivity index (χ2n) is 3.11. The summed E-state index contributed by atoms with van der Waals surface area (Å²) >= 11 is 0. The minimum Gasteiger partial charge on any atom is -0.471 e. The van der Waals surface area contributed by atoms with E-state index in [4.69, 9.17) is 10.00 Å². The predicted octanol–water partition coefficient (Wildman–Crippen LogP) is 1.93. The van der Waals surface area contributed by atoms with Crippen molar-refractivity contribution in [3.63, 3.8) is 0 Å². The van der Waals surface area contributed by atoms with Crippen molar-refractivity contribution in [2.24, 2.45) is 0 Å². The molecular weight excluding hydrogens is 209 g/mol. The topological polar surface area (TPSA) is 50.8 Å². The second-order valence-corrected chi connectivity index (χ2v) is 3.11. The molecule has 0 aliphatic rings. The van der Waals surface area contributed by atoms with Gasteiger partial charge in [0.2, 0.25) is 0 Å². The molecule has 0 spiro atoms. The van der Waals surface area contributed by atoms with Crippen LogP contribution in [0.25, 0.3) is 0 Å². The standard InChI is InChI=1S/C11H8FN3O/c12-10-1-3-11(4-2-10)16-8-15-7-9(5-13)6-14-15/h1-4,6-7H,8H2. The third kappa shape index (κ3) is 2.36. The summed E-state index contributed by atoms with van der Waals surface area (Å²) in [4.78, 5) is 0. The Morgan fingerprint density at radius 2 is 2.12 bits per heavy atom. The Balaban J connectivity index is 1.97. The highest BCUT2D eigenvalue weighted by atomic mass is 19.1. The lowest BCUT2D eigenvalue weighted by molar-refractivity contribution is 0.221. The molecule has 0 N–H and O–H groups in total. The van der Waals surface area contributed by atoms with Crippen LogP contribution in [0.4, 0.5) is 4.39 Å². The van der Waals surface area contributed by atoms with Gasteiger partial charge < -0.3 is 4.74 Å². The van der Waals surface area contributed by atoms with Gasteiger partial charge in [-0.1, -0.05) is 0 Å². The largest absolute Gasteiger partial charge is 0.471 e. The van der Waals surface area contributed by atoms with E-state index in [1.165, 1.54) is 35.1 Å². The minimum absolute atomic E-state index is 0.188.